The van der Waals surface area contributed by atoms with E-state index in [1.165, 1.54) is 6.07 Å². The molecule has 1 aliphatic carbocycles. The molecule has 1 aromatic rings. The number of alkyl halides is 3. The van der Waals surface area contributed by atoms with Crippen molar-refractivity contribution in [3.05, 3.63) is 34.9 Å². The Kier molecular flexibility index (Phi) is 5.65. The van der Waals surface area contributed by atoms with Gasteiger partial charge in [-0.25, -0.2) is 0 Å². The Balaban J connectivity index is 1.36. The second-order valence-electron chi connectivity index (χ2n) is 8.25. The third-order valence-electron chi connectivity index (χ3n) is 6.33. The van der Waals surface area contributed by atoms with Gasteiger partial charge in [0.15, 0.2) is 0 Å². The average molecular weight is 396 g/mol. The SMILES string of the molecule is O=C([C@H]1CCC(NC2CCOCC2)C1)N1CCc2ccc(C(F)(F)F)cc2C1. The van der Waals surface area contributed by atoms with Gasteiger partial charge in [-0.2, -0.15) is 13.2 Å². The molecule has 0 radical (unpaired) electrons. The monoisotopic (exact) mass is 396 g/mol. The predicted molar refractivity (Wildman–Crippen MR) is 98.7 cm³/mol. The third kappa shape index (κ3) is 4.35. The van der Waals surface area contributed by atoms with Crippen LogP contribution in [-0.2, 0) is 28.7 Å². The van der Waals surface area contributed by atoms with Gasteiger partial charge in [-0.15, -0.1) is 0 Å². The number of hydrogen-bond acceptors (Lipinski definition) is 3. The van der Waals surface area contributed by atoms with Gasteiger partial charge in [0.2, 0.25) is 5.91 Å². The summed E-state index contributed by atoms with van der Waals surface area (Å²) in [4.78, 5) is 14.7. The van der Waals surface area contributed by atoms with Crippen molar-refractivity contribution in [3.8, 4) is 0 Å². The van der Waals surface area contributed by atoms with Crippen LogP contribution < -0.4 is 5.32 Å². The molecule has 28 heavy (non-hydrogen) atoms. The first-order valence-corrected chi connectivity index (χ1v) is 10.2. The van der Waals surface area contributed by atoms with Crippen molar-refractivity contribution in [2.45, 2.75) is 63.3 Å². The highest BCUT2D eigenvalue weighted by Gasteiger charge is 2.36. The number of carbonyl (C=O) groups excluding carboxylic acids is 1. The minimum atomic E-state index is -4.35. The van der Waals surface area contributed by atoms with E-state index in [9.17, 15) is 18.0 Å². The van der Waals surface area contributed by atoms with E-state index in [2.05, 4.69) is 5.32 Å². The summed E-state index contributed by atoms with van der Waals surface area (Å²) in [5.74, 6) is 0.0732. The maximum absolute atomic E-state index is 13.0. The van der Waals surface area contributed by atoms with Crippen molar-refractivity contribution in [2.75, 3.05) is 19.8 Å². The summed E-state index contributed by atoms with van der Waals surface area (Å²) >= 11 is 0. The standard InChI is InChI=1S/C21H27F3N2O2/c22-21(23,24)17-3-1-14-5-8-26(13-16(14)11-17)20(27)15-2-4-19(12-15)25-18-6-9-28-10-7-18/h1,3,11,15,18-19,25H,2,4-10,12-13H2/t15-,19?/m0/s1. The third-order valence-corrected chi connectivity index (χ3v) is 6.33. The average Bonchev–Trinajstić information content (AvgIpc) is 3.15. The number of amides is 1. The molecule has 4 rings (SSSR count). The molecule has 1 amide bonds. The second-order valence-corrected chi connectivity index (χ2v) is 8.25. The molecule has 2 heterocycles. The molecular formula is C21H27F3N2O2. The van der Waals surface area contributed by atoms with E-state index in [4.69, 9.17) is 4.74 Å². The van der Waals surface area contributed by atoms with Crippen LogP contribution in [0.1, 0.15) is 48.8 Å². The van der Waals surface area contributed by atoms with Gasteiger partial charge in [-0.3, -0.25) is 4.79 Å². The highest BCUT2D eigenvalue weighted by molar-refractivity contribution is 5.79. The van der Waals surface area contributed by atoms with Crippen LogP contribution >= 0.6 is 0 Å². The number of carbonyl (C=O) groups is 1. The largest absolute Gasteiger partial charge is 0.416 e. The number of fused-ring (bicyclic) bond motifs is 1. The number of rotatable bonds is 3. The quantitative estimate of drug-likeness (QED) is 0.850. The number of hydrogen-bond donors (Lipinski definition) is 1. The summed E-state index contributed by atoms with van der Waals surface area (Å²) < 4.78 is 44.4. The number of halogens is 3. The summed E-state index contributed by atoms with van der Waals surface area (Å²) in [6.07, 6.45) is 0.953. The molecule has 1 saturated heterocycles. The summed E-state index contributed by atoms with van der Waals surface area (Å²) in [7, 11) is 0. The minimum absolute atomic E-state index is 0.0234. The molecule has 3 aliphatic rings. The smallest absolute Gasteiger partial charge is 0.381 e. The molecule has 0 spiro atoms. The Morgan fingerprint density at radius 1 is 1.07 bits per heavy atom. The molecule has 0 bridgehead atoms. The minimum Gasteiger partial charge on any atom is -0.381 e. The molecule has 0 aromatic heterocycles. The van der Waals surface area contributed by atoms with E-state index in [-0.39, 0.29) is 18.4 Å². The Bertz CT molecular complexity index is 716. The lowest BCUT2D eigenvalue weighted by molar-refractivity contribution is -0.137. The molecule has 2 atom stereocenters. The number of ether oxygens (including phenoxy) is 1. The van der Waals surface area contributed by atoms with Gasteiger partial charge in [0.05, 0.1) is 5.56 Å². The summed E-state index contributed by atoms with van der Waals surface area (Å²) in [6, 6.07) is 4.73. The van der Waals surface area contributed by atoms with Gasteiger partial charge in [0.25, 0.3) is 0 Å². The lowest BCUT2D eigenvalue weighted by atomic mass is 9.95. The molecule has 1 aromatic carbocycles. The number of nitrogens with one attached hydrogen (secondary N) is 1. The van der Waals surface area contributed by atoms with Crippen LogP contribution in [0, 0.1) is 5.92 Å². The maximum atomic E-state index is 13.0. The van der Waals surface area contributed by atoms with Gasteiger partial charge < -0.3 is 15.0 Å². The first kappa shape index (κ1) is 19.7. The van der Waals surface area contributed by atoms with Crippen molar-refractivity contribution in [1.29, 1.82) is 0 Å². The fourth-order valence-corrected chi connectivity index (χ4v) is 4.73. The maximum Gasteiger partial charge on any atom is 0.416 e. The molecule has 1 N–H and O–H groups in total. The zero-order chi connectivity index (χ0) is 19.7. The van der Waals surface area contributed by atoms with Crippen molar-refractivity contribution in [3.63, 3.8) is 0 Å². The zero-order valence-corrected chi connectivity index (χ0v) is 15.9. The topological polar surface area (TPSA) is 41.6 Å². The van der Waals surface area contributed by atoms with Crippen LogP contribution in [0.5, 0.6) is 0 Å². The molecular weight excluding hydrogens is 369 g/mol. The van der Waals surface area contributed by atoms with Crippen molar-refractivity contribution in [2.24, 2.45) is 5.92 Å². The molecule has 7 heteroatoms. The van der Waals surface area contributed by atoms with E-state index in [0.29, 0.717) is 30.6 Å². The number of nitrogens with zero attached hydrogens (tertiary/aromatic N) is 1. The molecule has 154 valence electrons. The highest BCUT2D eigenvalue weighted by Crippen LogP contribution is 2.34. The zero-order valence-electron chi connectivity index (χ0n) is 15.9. The Hall–Kier alpha value is -1.60. The fourth-order valence-electron chi connectivity index (χ4n) is 4.73. The van der Waals surface area contributed by atoms with Crippen LogP contribution in [0.25, 0.3) is 0 Å². The van der Waals surface area contributed by atoms with Gasteiger partial charge >= 0.3 is 6.18 Å². The fraction of sp³-hybridized carbons (Fsp3) is 0.667. The van der Waals surface area contributed by atoms with Crippen molar-refractivity contribution < 1.29 is 22.7 Å². The van der Waals surface area contributed by atoms with Gasteiger partial charge in [-0.05, 0) is 61.8 Å². The molecule has 1 unspecified atom stereocenters. The lowest BCUT2D eigenvalue weighted by Crippen LogP contribution is -2.42. The van der Waals surface area contributed by atoms with E-state index in [0.717, 1.165) is 56.9 Å². The Morgan fingerprint density at radius 2 is 1.86 bits per heavy atom. The van der Waals surface area contributed by atoms with Crippen molar-refractivity contribution >= 4 is 5.91 Å². The molecule has 2 fully saturated rings. The number of benzene rings is 1. The Labute approximate surface area is 163 Å². The van der Waals surface area contributed by atoms with Crippen LogP contribution in [-0.4, -0.2) is 42.6 Å². The predicted octanol–water partition coefficient (Wildman–Crippen LogP) is 3.53. The highest BCUT2D eigenvalue weighted by atomic mass is 19.4. The molecule has 1 saturated carbocycles. The summed E-state index contributed by atoms with van der Waals surface area (Å²) in [5, 5.41) is 3.67. The molecule has 2 aliphatic heterocycles. The normalized spacial score (nSPS) is 26.3. The van der Waals surface area contributed by atoms with Crippen LogP contribution in [0.15, 0.2) is 18.2 Å². The second kappa shape index (κ2) is 8.03. The lowest BCUT2D eigenvalue weighted by Gasteiger charge is -2.31. The van der Waals surface area contributed by atoms with Gasteiger partial charge in [0, 0.05) is 44.3 Å². The van der Waals surface area contributed by atoms with Gasteiger partial charge in [-0.1, -0.05) is 6.07 Å². The first-order chi connectivity index (χ1) is 13.4. The summed E-state index contributed by atoms with van der Waals surface area (Å²) in [6.45, 7) is 2.46. The Morgan fingerprint density at radius 3 is 2.61 bits per heavy atom. The first-order valence-electron chi connectivity index (χ1n) is 10.2. The van der Waals surface area contributed by atoms with Gasteiger partial charge in [0.1, 0.15) is 0 Å². The van der Waals surface area contributed by atoms with Crippen LogP contribution in [0.4, 0.5) is 13.2 Å². The van der Waals surface area contributed by atoms with Crippen LogP contribution in [0.3, 0.4) is 0 Å². The van der Waals surface area contributed by atoms with E-state index in [1.807, 2.05) is 0 Å². The van der Waals surface area contributed by atoms with Crippen molar-refractivity contribution in [1.82, 2.24) is 10.2 Å². The summed E-state index contributed by atoms with van der Waals surface area (Å²) in [5.41, 5.74) is 0.911. The van der Waals surface area contributed by atoms with E-state index in [1.54, 1.807) is 11.0 Å². The molecule has 4 nitrogen and oxygen atoms in total. The van der Waals surface area contributed by atoms with E-state index < -0.39 is 11.7 Å². The van der Waals surface area contributed by atoms with Crippen LogP contribution in [0.2, 0.25) is 0 Å². The van der Waals surface area contributed by atoms with E-state index >= 15 is 0 Å².